The SMILES string of the molecule is COc1ccc([N+](=O)[O-])cc1OCC(=O)Nc1ccc(CC#N)cc1. The lowest BCUT2D eigenvalue weighted by Gasteiger charge is -2.11. The van der Waals surface area contributed by atoms with Crippen molar-refractivity contribution in [2.45, 2.75) is 6.42 Å². The number of carbonyl (C=O) groups excluding carboxylic acids is 1. The van der Waals surface area contributed by atoms with Crippen molar-refractivity contribution in [3.8, 4) is 17.6 Å². The summed E-state index contributed by atoms with van der Waals surface area (Å²) in [5.41, 5.74) is 1.24. The third-order valence-electron chi connectivity index (χ3n) is 3.24. The molecule has 2 aromatic rings. The van der Waals surface area contributed by atoms with E-state index in [1.165, 1.54) is 25.3 Å². The second-order valence-electron chi connectivity index (χ2n) is 4.96. The van der Waals surface area contributed by atoms with Gasteiger partial charge in [-0.3, -0.25) is 14.9 Å². The molecule has 0 unspecified atom stereocenters. The highest BCUT2D eigenvalue weighted by Crippen LogP contribution is 2.31. The van der Waals surface area contributed by atoms with Crippen LogP contribution in [0.5, 0.6) is 11.5 Å². The second kappa shape index (κ2) is 8.31. The Morgan fingerprint density at radius 1 is 1.24 bits per heavy atom. The van der Waals surface area contributed by atoms with Crippen molar-refractivity contribution < 1.29 is 19.2 Å². The minimum atomic E-state index is -0.560. The second-order valence-corrected chi connectivity index (χ2v) is 4.96. The third kappa shape index (κ3) is 4.94. The summed E-state index contributed by atoms with van der Waals surface area (Å²) in [4.78, 5) is 22.2. The van der Waals surface area contributed by atoms with Gasteiger partial charge in [-0.25, -0.2) is 0 Å². The lowest BCUT2D eigenvalue weighted by molar-refractivity contribution is -0.385. The predicted octanol–water partition coefficient (Wildman–Crippen LogP) is 2.69. The van der Waals surface area contributed by atoms with E-state index in [2.05, 4.69) is 5.32 Å². The van der Waals surface area contributed by atoms with Crippen LogP contribution in [-0.2, 0) is 11.2 Å². The van der Waals surface area contributed by atoms with Crippen LogP contribution in [-0.4, -0.2) is 24.5 Å². The van der Waals surface area contributed by atoms with E-state index in [1.807, 2.05) is 6.07 Å². The molecular weight excluding hydrogens is 326 g/mol. The van der Waals surface area contributed by atoms with E-state index in [-0.39, 0.29) is 18.0 Å². The Balaban J connectivity index is 1.98. The Morgan fingerprint density at radius 3 is 2.56 bits per heavy atom. The number of rotatable bonds is 7. The number of benzene rings is 2. The Hall–Kier alpha value is -3.60. The van der Waals surface area contributed by atoms with Crippen LogP contribution in [0.15, 0.2) is 42.5 Å². The number of anilines is 1. The van der Waals surface area contributed by atoms with Crippen molar-refractivity contribution in [3.05, 3.63) is 58.1 Å². The number of hydrogen-bond acceptors (Lipinski definition) is 6. The van der Waals surface area contributed by atoms with Gasteiger partial charge < -0.3 is 14.8 Å². The first kappa shape index (κ1) is 17.7. The van der Waals surface area contributed by atoms with Gasteiger partial charge in [0.15, 0.2) is 18.1 Å². The molecule has 0 saturated carbocycles. The zero-order valence-corrected chi connectivity index (χ0v) is 13.4. The van der Waals surface area contributed by atoms with Crippen LogP contribution in [0.1, 0.15) is 5.56 Å². The summed E-state index contributed by atoms with van der Waals surface area (Å²) in [5.74, 6) is -0.0305. The summed E-state index contributed by atoms with van der Waals surface area (Å²) in [6, 6.07) is 12.8. The van der Waals surface area contributed by atoms with E-state index in [4.69, 9.17) is 14.7 Å². The van der Waals surface area contributed by atoms with Crippen LogP contribution in [0.2, 0.25) is 0 Å². The number of amides is 1. The lowest BCUT2D eigenvalue weighted by Crippen LogP contribution is -2.20. The maximum absolute atomic E-state index is 12.0. The molecule has 25 heavy (non-hydrogen) atoms. The fraction of sp³-hybridized carbons (Fsp3) is 0.176. The monoisotopic (exact) mass is 341 g/mol. The zero-order valence-electron chi connectivity index (χ0n) is 13.4. The minimum absolute atomic E-state index is 0.108. The van der Waals surface area contributed by atoms with Crippen molar-refractivity contribution in [2.24, 2.45) is 0 Å². The van der Waals surface area contributed by atoms with Crippen LogP contribution >= 0.6 is 0 Å². The fourth-order valence-electron chi connectivity index (χ4n) is 2.03. The summed E-state index contributed by atoms with van der Waals surface area (Å²) in [6.45, 7) is -0.336. The molecule has 2 rings (SSSR count). The molecule has 0 aliphatic carbocycles. The highest BCUT2D eigenvalue weighted by atomic mass is 16.6. The third-order valence-corrected chi connectivity index (χ3v) is 3.24. The average molecular weight is 341 g/mol. The first-order valence-corrected chi connectivity index (χ1v) is 7.24. The van der Waals surface area contributed by atoms with Crippen molar-refractivity contribution >= 4 is 17.3 Å². The first-order valence-electron chi connectivity index (χ1n) is 7.24. The molecule has 0 saturated heterocycles. The molecule has 0 aromatic heterocycles. The zero-order chi connectivity index (χ0) is 18.2. The molecule has 0 fully saturated rings. The molecule has 8 nitrogen and oxygen atoms in total. The van der Waals surface area contributed by atoms with E-state index in [0.29, 0.717) is 17.9 Å². The maximum atomic E-state index is 12.0. The van der Waals surface area contributed by atoms with Gasteiger partial charge in [-0.05, 0) is 23.8 Å². The number of nitriles is 1. The molecule has 1 N–H and O–H groups in total. The van der Waals surface area contributed by atoms with Gasteiger partial charge in [0, 0.05) is 11.8 Å². The molecule has 0 radical (unpaired) electrons. The summed E-state index contributed by atoms with van der Waals surface area (Å²) in [6.07, 6.45) is 0.296. The number of methoxy groups -OCH3 is 1. The minimum Gasteiger partial charge on any atom is -0.493 e. The van der Waals surface area contributed by atoms with Gasteiger partial charge in [0.05, 0.1) is 30.6 Å². The molecule has 0 heterocycles. The molecule has 0 aliphatic rings. The Labute approximate surface area is 143 Å². The standard InChI is InChI=1S/C17H15N3O5/c1-24-15-7-6-14(20(22)23)10-16(15)25-11-17(21)19-13-4-2-12(3-5-13)8-9-18/h2-7,10H,8,11H2,1H3,(H,19,21). The molecule has 128 valence electrons. The fourth-order valence-corrected chi connectivity index (χ4v) is 2.03. The van der Waals surface area contributed by atoms with Crippen LogP contribution in [0.25, 0.3) is 0 Å². The summed E-state index contributed by atoms with van der Waals surface area (Å²) in [5, 5.41) is 22.1. The van der Waals surface area contributed by atoms with Crippen LogP contribution < -0.4 is 14.8 Å². The molecule has 0 aliphatic heterocycles. The van der Waals surface area contributed by atoms with E-state index in [9.17, 15) is 14.9 Å². The van der Waals surface area contributed by atoms with Gasteiger partial charge in [-0.2, -0.15) is 5.26 Å². The van der Waals surface area contributed by atoms with Crippen LogP contribution in [0.4, 0.5) is 11.4 Å². The van der Waals surface area contributed by atoms with Gasteiger partial charge in [0.25, 0.3) is 11.6 Å². The normalized spacial score (nSPS) is 9.76. The maximum Gasteiger partial charge on any atom is 0.273 e. The number of ether oxygens (including phenoxy) is 2. The number of non-ortho nitro benzene ring substituents is 1. The summed E-state index contributed by atoms with van der Waals surface area (Å²) < 4.78 is 10.4. The van der Waals surface area contributed by atoms with Gasteiger partial charge in [-0.15, -0.1) is 0 Å². The molecule has 0 atom stereocenters. The Kier molecular flexibility index (Phi) is 5.90. The highest BCUT2D eigenvalue weighted by Gasteiger charge is 2.14. The smallest absolute Gasteiger partial charge is 0.273 e. The molecule has 2 aromatic carbocycles. The van der Waals surface area contributed by atoms with Gasteiger partial charge in [0.1, 0.15) is 0 Å². The lowest BCUT2D eigenvalue weighted by atomic mass is 10.1. The van der Waals surface area contributed by atoms with Crippen molar-refractivity contribution in [1.82, 2.24) is 0 Å². The first-order chi connectivity index (χ1) is 12.0. The predicted molar refractivity (Wildman–Crippen MR) is 89.5 cm³/mol. The number of nitro benzene ring substituents is 1. The number of nitrogens with one attached hydrogen (secondary N) is 1. The van der Waals surface area contributed by atoms with Gasteiger partial charge >= 0.3 is 0 Å². The number of nitro groups is 1. The van der Waals surface area contributed by atoms with Crippen molar-refractivity contribution in [3.63, 3.8) is 0 Å². The van der Waals surface area contributed by atoms with Crippen LogP contribution in [0.3, 0.4) is 0 Å². The van der Waals surface area contributed by atoms with Gasteiger partial charge in [0.2, 0.25) is 0 Å². The van der Waals surface area contributed by atoms with E-state index in [0.717, 1.165) is 5.56 Å². The molecule has 1 amide bonds. The summed E-state index contributed by atoms with van der Waals surface area (Å²) >= 11 is 0. The number of hydrogen-bond donors (Lipinski definition) is 1. The quantitative estimate of drug-likeness (QED) is 0.611. The molecule has 0 bridgehead atoms. The number of nitrogens with zero attached hydrogens (tertiary/aromatic N) is 2. The largest absolute Gasteiger partial charge is 0.493 e. The molecule has 8 heteroatoms. The molecule has 0 spiro atoms. The van der Waals surface area contributed by atoms with Crippen molar-refractivity contribution in [2.75, 3.05) is 19.0 Å². The topological polar surface area (TPSA) is 114 Å². The van der Waals surface area contributed by atoms with Gasteiger partial charge in [-0.1, -0.05) is 12.1 Å². The van der Waals surface area contributed by atoms with Crippen LogP contribution in [0, 0.1) is 21.4 Å². The summed E-state index contributed by atoms with van der Waals surface area (Å²) in [7, 11) is 1.40. The van der Waals surface area contributed by atoms with E-state index in [1.54, 1.807) is 24.3 Å². The van der Waals surface area contributed by atoms with E-state index >= 15 is 0 Å². The Morgan fingerprint density at radius 2 is 1.96 bits per heavy atom. The molecular formula is C17H15N3O5. The van der Waals surface area contributed by atoms with E-state index < -0.39 is 10.8 Å². The van der Waals surface area contributed by atoms with Crippen molar-refractivity contribution in [1.29, 1.82) is 5.26 Å². The Bertz CT molecular complexity index is 812. The highest BCUT2D eigenvalue weighted by molar-refractivity contribution is 5.91. The average Bonchev–Trinajstić information content (AvgIpc) is 2.61. The number of carbonyl (C=O) groups is 1.